The molecule has 0 unspecified atom stereocenters. The fraction of sp³-hybridized carbons (Fsp3) is 0.312. The highest BCUT2D eigenvalue weighted by atomic mass is 79.9. The molecule has 8 heteroatoms. The number of carbonyl (C=O) groups excluding carboxylic acids is 1. The zero-order chi connectivity index (χ0) is 17.7. The topological polar surface area (TPSA) is 77.7 Å². The van der Waals surface area contributed by atoms with Crippen molar-refractivity contribution in [2.45, 2.75) is 20.4 Å². The normalized spacial score (nSPS) is 10.9. The number of carbonyl (C=O) groups is 1. The maximum atomic E-state index is 11.9. The summed E-state index contributed by atoms with van der Waals surface area (Å²) in [4.78, 5) is 11.9. The molecule has 1 aromatic carbocycles. The highest BCUT2D eigenvalue weighted by molar-refractivity contribution is 9.10. The Hall–Kier alpha value is -2.35. The Labute approximate surface area is 148 Å². The van der Waals surface area contributed by atoms with Crippen LogP contribution in [0.25, 0.3) is 0 Å². The zero-order valence-electron chi connectivity index (χ0n) is 14.0. The summed E-state index contributed by atoms with van der Waals surface area (Å²) < 4.78 is 12.9. The van der Waals surface area contributed by atoms with Crippen LogP contribution in [0, 0.1) is 13.8 Å². The van der Waals surface area contributed by atoms with E-state index < -0.39 is 0 Å². The van der Waals surface area contributed by atoms with Gasteiger partial charge in [-0.15, -0.1) is 0 Å². The number of rotatable bonds is 6. The lowest BCUT2D eigenvalue weighted by atomic mass is 10.2. The second-order valence-electron chi connectivity index (χ2n) is 5.11. The molecule has 0 radical (unpaired) electrons. The molecule has 1 amide bonds. The van der Waals surface area contributed by atoms with Gasteiger partial charge in [0.15, 0.2) is 0 Å². The van der Waals surface area contributed by atoms with E-state index in [0.717, 1.165) is 15.9 Å². The van der Waals surface area contributed by atoms with Crippen LogP contribution in [0.5, 0.6) is 11.5 Å². The fourth-order valence-corrected chi connectivity index (χ4v) is 2.69. The number of nitrogens with one attached hydrogen (secondary N) is 1. The van der Waals surface area contributed by atoms with E-state index in [1.54, 1.807) is 31.0 Å². The van der Waals surface area contributed by atoms with Gasteiger partial charge in [0.05, 0.1) is 30.6 Å². The van der Waals surface area contributed by atoms with E-state index in [1.807, 2.05) is 19.9 Å². The van der Waals surface area contributed by atoms with Crippen LogP contribution in [0.15, 0.2) is 27.8 Å². The first kappa shape index (κ1) is 18.0. The van der Waals surface area contributed by atoms with E-state index in [4.69, 9.17) is 9.47 Å². The monoisotopic (exact) mass is 394 g/mol. The van der Waals surface area contributed by atoms with Crippen molar-refractivity contribution in [3.05, 3.63) is 39.6 Å². The minimum absolute atomic E-state index is 0.112. The lowest BCUT2D eigenvalue weighted by Crippen LogP contribution is -2.24. The average Bonchev–Trinajstić information content (AvgIpc) is 2.85. The molecule has 24 heavy (non-hydrogen) atoms. The quantitative estimate of drug-likeness (QED) is 0.602. The lowest BCUT2D eigenvalue weighted by Gasteiger charge is -2.09. The summed E-state index contributed by atoms with van der Waals surface area (Å²) in [6.45, 7) is 3.89. The van der Waals surface area contributed by atoms with Crippen molar-refractivity contribution in [3.63, 3.8) is 0 Å². The van der Waals surface area contributed by atoms with Crippen LogP contribution in [0.3, 0.4) is 0 Å². The Balaban J connectivity index is 2.04. The van der Waals surface area contributed by atoms with E-state index in [-0.39, 0.29) is 12.5 Å². The Morgan fingerprint density at radius 2 is 2.00 bits per heavy atom. The Morgan fingerprint density at radius 3 is 2.58 bits per heavy atom. The van der Waals surface area contributed by atoms with Crippen molar-refractivity contribution >= 4 is 28.1 Å². The first-order valence-electron chi connectivity index (χ1n) is 7.19. The molecule has 0 spiro atoms. The second-order valence-corrected chi connectivity index (χ2v) is 5.96. The fourth-order valence-electron chi connectivity index (χ4n) is 2.16. The van der Waals surface area contributed by atoms with Crippen molar-refractivity contribution in [2.24, 2.45) is 5.10 Å². The maximum absolute atomic E-state index is 11.9. The third-order valence-corrected chi connectivity index (χ3v) is 3.91. The molecule has 2 aromatic rings. The molecular formula is C16H19BrN4O3. The molecule has 0 fully saturated rings. The standard InChI is InChI=1S/C16H19BrN4O3/c1-10-5-11(2)21(20-10)9-16(22)19-18-8-12-6-13(17)15(24-4)7-14(12)23-3/h5-8H,9H2,1-4H3,(H,19,22). The van der Waals surface area contributed by atoms with Crippen molar-refractivity contribution in [2.75, 3.05) is 14.2 Å². The number of hydrazone groups is 1. The van der Waals surface area contributed by atoms with Gasteiger partial charge in [0.1, 0.15) is 18.0 Å². The Morgan fingerprint density at radius 1 is 1.29 bits per heavy atom. The first-order chi connectivity index (χ1) is 11.4. The van der Waals surface area contributed by atoms with Crippen molar-refractivity contribution in [3.8, 4) is 11.5 Å². The highest BCUT2D eigenvalue weighted by Gasteiger charge is 2.09. The number of hydrogen-bond acceptors (Lipinski definition) is 5. The van der Waals surface area contributed by atoms with Crippen molar-refractivity contribution in [1.29, 1.82) is 0 Å². The van der Waals surface area contributed by atoms with Gasteiger partial charge in [-0.1, -0.05) is 0 Å². The summed E-state index contributed by atoms with van der Waals surface area (Å²) in [6, 6.07) is 5.45. The van der Waals surface area contributed by atoms with Gasteiger partial charge in [-0.25, -0.2) is 5.43 Å². The van der Waals surface area contributed by atoms with Crippen molar-refractivity contribution in [1.82, 2.24) is 15.2 Å². The van der Waals surface area contributed by atoms with E-state index >= 15 is 0 Å². The number of aromatic nitrogens is 2. The summed E-state index contributed by atoms with van der Waals surface area (Å²) >= 11 is 3.40. The first-order valence-corrected chi connectivity index (χ1v) is 7.98. The third kappa shape index (κ3) is 4.35. The zero-order valence-corrected chi connectivity index (χ0v) is 15.5. The molecule has 128 valence electrons. The number of ether oxygens (including phenoxy) is 2. The molecule has 0 saturated carbocycles. The van der Waals surface area contributed by atoms with Gasteiger partial charge in [0.2, 0.25) is 0 Å². The largest absolute Gasteiger partial charge is 0.496 e. The van der Waals surface area contributed by atoms with Gasteiger partial charge in [0, 0.05) is 17.3 Å². The molecule has 0 aliphatic carbocycles. The molecule has 7 nitrogen and oxygen atoms in total. The molecule has 1 heterocycles. The van der Waals surface area contributed by atoms with Crippen LogP contribution in [0.2, 0.25) is 0 Å². The minimum Gasteiger partial charge on any atom is -0.496 e. The summed E-state index contributed by atoms with van der Waals surface area (Å²) in [5, 5.41) is 8.21. The molecule has 0 bridgehead atoms. The van der Waals surface area contributed by atoms with Crippen LogP contribution < -0.4 is 14.9 Å². The second kappa shape index (κ2) is 7.96. The molecule has 0 saturated heterocycles. The predicted molar refractivity (Wildman–Crippen MR) is 94.7 cm³/mol. The number of amides is 1. The molecule has 1 N–H and O–H groups in total. The van der Waals surface area contributed by atoms with E-state index in [2.05, 4.69) is 31.6 Å². The number of benzene rings is 1. The molecule has 0 aliphatic rings. The van der Waals surface area contributed by atoms with E-state index in [0.29, 0.717) is 17.1 Å². The predicted octanol–water partition coefficient (Wildman–Crippen LogP) is 2.43. The molecule has 0 atom stereocenters. The Kier molecular flexibility index (Phi) is 5.97. The van der Waals surface area contributed by atoms with Crippen LogP contribution in [-0.4, -0.2) is 36.1 Å². The lowest BCUT2D eigenvalue weighted by molar-refractivity contribution is -0.121. The van der Waals surface area contributed by atoms with E-state index in [1.165, 1.54) is 6.21 Å². The number of methoxy groups -OCH3 is 2. The SMILES string of the molecule is COc1cc(OC)c(C=NNC(=O)Cn2nc(C)cc2C)cc1Br. The van der Waals surface area contributed by atoms with Gasteiger partial charge >= 0.3 is 0 Å². The van der Waals surface area contributed by atoms with Crippen LogP contribution in [0.4, 0.5) is 0 Å². The molecule has 1 aromatic heterocycles. The smallest absolute Gasteiger partial charge is 0.261 e. The van der Waals surface area contributed by atoms with Gasteiger partial charge in [0.25, 0.3) is 5.91 Å². The average molecular weight is 395 g/mol. The van der Waals surface area contributed by atoms with Gasteiger partial charge in [-0.3, -0.25) is 9.48 Å². The van der Waals surface area contributed by atoms with Crippen LogP contribution in [0.1, 0.15) is 17.0 Å². The third-order valence-electron chi connectivity index (χ3n) is 3.29. The molecule has 0 aliphatic heterocycles. The van der Waals surface area contributed by atoms with Crippen molar-refractivity contribution < 1.29 is 14.3 Å². The number of aryl methyl sites for hydroxylation is 2. The summed E-state index contributed by atoms with van der Waals surface area (Å²) in [5.74, 6) is 0.980. The highest BCUT2D eigenvalue weighted by Crippen LogP contribution is 2.31. The minimum atomic E-state index is -0.260. The van der Waals surface area contributed by atoms with E-state index in [9.17, 15) is 4.79 Å². The summed E-state index contributed by atoms with van der Waals surface area (Å²) in [7, 11) is 3.13. The van der Waals surface area contributed by atoms with Gasteiger partial charge in [-0.2, -0.15) is 10.2 Å². The Bertz CT molecular complexity index is 771. The number of nitrogens with zero attached hydrogens (tertiary/aromatic N) is 3. The summed E-state index contributed by atoms with van der Waals surface area (Å²) in [6.07, 6.45) is 1.52. The maximum Gasteiger partial charge on any atom is 0.261 e. The number of halogens is 1. The van der Waals surface area contributed by atoms with Crippen LogP contribution >= 0.6 is 15.9 Å². The summed E-state index contributed by atoms with van der Waals surface area (Å²) in [5.41, 5.74) is 4.98. The van der Waals surface area contributed by atoms with Gasteiger partial charge in [-0.05, 0) is 41.9 Å². The van der Waals surface area contributed by atoms with Gasteiger partial charge < -0.3 is 9.47 Å². The molecule has 2 rings (SSSR count). The molecular weight excluding hydrogens is 376 g/mol. The van der Waals surface area contributed by atoms with Crippen LogP contribution in [-0.2, 0) is 11.3 Å². The number of hydrogen-bond donors (Lipinski definition) is 1.